The minimum atomic E-state index is 0.0260. The Hall–Kier alpha value is -1.88. The lowest BCUT2D eigenvalue weighted by atomic mass is 10.00. The molecule has 0 radical (unpaired) electrons. The summed E-state index contributed by atoms with van der Waals surface area (Å²) >= 11 is 0. The van der Waals surface area contributed by atoms with E-state index < -0.39 is 0 Å². The predicted octanol–water partition coefficient (Wildman–Crippen LogP) is 2.60. The van der Waals surface area contributed by atoms with Gasteiger partial charge in [-0.25, -0.2) is 0 Å². The number of anilines is 2. The number of ether oxygens (including phenoxy) is 1. The first kappa shape index (κ1) is 16.5. The van der Waals surface area contributed by atoms with Crippen LogP contribution < -0.4 is 10.2 Å². The molecule has 120 valence electrons. The van der Waals surface area contributed by atoms with Gasteiger partial charge < -0.3 is 15.0 Å². The van der Waals surface area contributed by atoms with Crippen LogP contribution in [-0.4, -0.2) is 32.1 Å². The summed E-state index contributed by atoms with van der Waals surface area (Å²) in [5, 5.41) is 2.93. The number of methoxy groups -OCH3 is 1. The van der Waals surface area contributed by atoms with Crippen LogP contribution in [0.15, 0.2) is 18.2 Å². The monoisotopic (exact) mass is 304 g/mol. The fourth-order valence-corrected chi connectivity index (χ4v) is 2.65. The highest BCUT2D eigenvalue weighted by molar-refractivity contribution is 5.97. The van der Waals surface area contributed by atoms with Gasteiger partial charge in [-0.15, -0.1) is 0 Å². The number of fused-ring (bicyclic) bond motifs is 1. The summed E-state index contributed by atoms with van der Waals surface area (Å²) in [6.45, 7) is 5.11. The Balaban J connectivity index is 2.13. The van der Waals surface area contributed by atoms with E-state index in [1.54, 1.807) is 12.0 Å². The molecule has 22 heavy (non-hydrogen) atoms. The van der Waals surface area contributed by atoms with Gasteiger partial charge in [0.2, 0.25) is 11.8 Å². The van der Waals surface area contributed by atoms with E-state index in [1.165, 1.54) is 0 Å². The van der Waals surface area contributed by atoms with Gasteiger partial charge in [-0.05, 0) is 36.1 Å². The Bertz CT molecular complexity index is 555. The summed E-state index contributed by atoms with van der Waals surface area (Å²) in [5.41, 5.74) is 2.82. The van der Waals surface area contributed by atoms with Gasteiger partial charge in [-0.1, -0.05) is 13.8 Å². The van der Waals surface area contributed by atoms with Gasteiger partial charge in [0.25, 0.3) is 0 Å². The molecule has 5 heteroatoms. The summed E-state index contributed by atoms with van der Waals surface area (Å²) < 4.78 is 5.07. The van der Waals surface area contributed by atoms with E-state index in [2.05, 4.69) is 5.32 Å². The molecule has 5 nitrogen and oxygen atoms in total. The van der Waals surface area contributed by atoms with Crippen LogP contribution in [0.5, 0.6) is 0 Å². The summed E-state index contributed by atoms with van der Waals surface area (Å²) in [6.07, 6.45) is 1.72. The van der Waals surface area contributed by atoms with Crippen molar-refractivity contribution in [2.45, 2.75) is 33.1 Å². The van der Waals surface area contributed by atoms with Crippen molar-refractivity contribution in [3.63, 3.8) is 0 Å². The van der Waals surface area contributed by atoms with Gasteiger partial charge in [0.1, 0.15) is 0 Å². The molecule has 0 unspecified atom stereocenters. The molecule has 0 bridgehead atoms. The molecule has 0 fully saturated rings. The summed E-state index contributed by atoms with van der Waals surface area (Å²) in [5.74, 6) is 0.485. The van der Waals surface area contributed by atoms with Crippen molar-refractivity contribution in [1.29, 1.82) is 0 Å². The van der Waals surface area contributed by atoms with Crippen LogP contribution in [0.2, 0.25) is 0 Å². The standard InChI is InChI=1S/C17H24N2O3/c1-12(2)10-16(20)18-14-5-6-15-13(11-14)4-7-17(21)19(15)8-9-22-3/h5-6,11-12H,4,7-10H2,1-3H3,(H,18,20). The molecule has 0 atom stereocenters. The summed E-state index contributed by atoms with van der Waals surface area (Å²) in [4.78, 5) is 25.7. The molecule has 1 N–H and O–H groups in total. The number of amides is 2. The number of carbonyl (C=O) groups is 2. The lowest BCUT2D eigenvalue weighted by Gasteiger charge is -2.29. The van der Waals surface area contributed by atoms with Crippen LogP contribution in [-0.2, 0) is 20.7 Å². The Morgan fingerprint density at radius 2 is 2.14 bits per heavy atom. The van der Waals surface area contributed by atoms with Gasteiger partial charge in [-0.3, -0.25) is 9.59 Å². The highest BCUT2D eigenvalue weighted by Crippen LogP contribution is 2.30. The molecular weight excluding hydrogens is 280 g/mol. The van der Waals surface area contributed by atoms with Crippen molar-refractivity contribution in [2.75, 3.05) is 30.5 Å². The number of rotatable bonds is 6. The Labute approximate surface area is 131 Å². The van der Waals surface area contributed by atoms with E-state index in [-0.39, 0.29) is 11.8 Å². The van der Waals surface area contributed by atoms with Crippen molar-refractivity contribution in [3.8, 4) is 0 Å². The smallest absolute Gasteiger partial charge is 0.227 e. The molecule has 1 aliphatic heterocycles. The van der Waals surface area contributed by atoms with E-state index in [0.717, 1.165) is 16.9 Å². The number of benzene rings is 1. The van der Waals surface area contributed by atoms with Crippen molar-refractivity contribution in [3.05, 3.63) is 23.8 Å². The topological polar surface area (TPSA) is 58.6 Å². The van der Waals surface area contributed by atoms with Crippen LogP contribution in [0.25, 0.3) is 0 Å². The fraction of sp³-hybridized carbons (Fsp3) is 0.529. The molecule has 2 rings (SSSR count). The maximum Gasteiger partial charge on any atom is 0.227 e. The minimum absolute atomic E-state index is 0.0260. The highest BCUT2D eigenvalue weighted by Gasteiger charge is 2.24. The molecule has 0 saturated heterocycles. The van der Waals surface area contributed by atoms with Gasteiger partial charge >= 0.3 is 0 Å². The van der Waals surface area contributed by atoms with Crippen LogP contribution in [0.4, 0.5) is 11.4 Å². The molecular formula is C17H24N2O3. The summed E-state index contributed by atoms with van der Waals surface area (Å²) in [7, 11) is 1.63. The van der Waals surface area contributed by atoms with E-state index >= 15 is 0 Å². The third kappa shape index (κ3) is 4.07. The summed E-state index contributed by atoms with van der Waals surface area (Å²) in [6, 6.07) is 5.74. The molecule has 1 aromatic carbocycles. The zero-order valence-electron chi connectivity index (χ0n) is 13.5. The quantitative estimate of drug-likeness (QED) is 0.879. The van der Waals surface area contributed by atoms with Crippen molar-refractivity contribution >= 4 is 23.2 Å². The molecule has 0 saturated carbocycles. The number of hydrogen-bond donors (Lipinski definition) is 1. The third-order valence-corrected chi connectivity index (χ3v) is 3.68. The van der Waals surface area contributed by atoms with Gasteiger partial charge in [0, 0.05) is 37.9 Å². The normalized spacial score (nSPS) is 14.2. The van der Waals surface area contributed by atoms with Gasteiger partial charge in [-0.2, -0.15) is 0 Å². The zero-order chi connectivity index (χ0) is 16.1. The molecule has 1 aromatic rings. The van der Waals surface area contributed by atoms with Crippen LogP contribution >= 0.6 is 0 Å². The Morgan fingerprint density at radius 1 is 1.36 bits per heavy atom. The maximum absolute atomic E-state index is 12.0. The number of nitrogens with one attached hydrogen (secondary N) is 1. The zero-order valence-corrected chi connectivity index (χ0v) is 13.5. The molecule has 1 aliphatic rings. The van der Waals surface area contributed by atoms with E-state index in [1.807, 2.05) is 32.0 Å². The molecule has 0 aliphatic carbocycles. The SMILES string of the molecule is COCCN1C(=O)CCc2cc(NC(=O)CC(C)C)ccc21. The average Bonchev–Trinajstić information content (AvgIpc) is 2.45. The second kappa shape index (κ2) is 7.40. The van der Waals surface area contributed by atoms with Crippen molar-refractivity contribution < 1.29 is 14.3 Å². The lowest BCUT2D eigenvalue weighted by Crippen LogP contribution is -2.37. The molecule has 1 heterocycles. The maximum atomic E-state index is 12.0. The van der Waals surface area contributed by atoms with Crippen LogP contribution in [0.1, 0.15) is 32.3 Å². The predicted molar refractivity (Wildman–Crippen MR) is 87.1 cm³/mol. The van der Waals surface area contributed by atoms with E-state index in [4.69, 9.17) is 4.74 Å². The number of carbonyl (C=O) groups excluding carboxylic acids is 2. The number of aryl methyl sites for hydroxylation is 1. The van der Waals surface area contributed by atoms with Crippen LogP contribution in [0, 0.1) is 5.92 Å². The molecule has 0 spiro atoms. The Kier molecular flexibility index (Phi) is 5.55. The van der Waals surface area contributed by atoms with Crippen molar-refractivity contribution in [1.82, 2.24) is 0 Å². The number of hydrogen-bond acceptors (Lipinski definition) is 3. The molecule has 0 aromatic heterocycles. The minimum Gasteiger partial charge on any atom is -0.383 e. The first-order valence-corrected chi connectivity index (χ1v) is 7.73. The highest BCUT2D eigenvalue weighted by atomic mass is 16.5. The van der Waals surface area contributed by atoms with Gasteiger partial charge in [0.15, 0.2) is 0 Å². The number of nitrogens with zero attached hydrogens (tertiary/aromatic N) is 1. The molecule has 2 amide bonds. The lowest BCUT2D eigenvalue weighted by molar-refractivity contribution is -0.119. The van der Waals surface area contributed by atoms with Crippen LogP contribution in [0.3, 0.4) is 0 Å². The Morgan fingerprint density at radius 3 is 2.82 bits per heavy atom. The van der Waals surface area contributed by atoms with Gasteiger partial charge in [0.05, 0.1) is 6.61 Å². The van der Waals surface area contributed by atoms with E-state index in [0.29, 0.717) is 38.3 Å². The van der Waals surface area contributed by atoms with Crippen molar-refractivity contribution in [2.24, 2.45) is 5.92 Å². The fourth-order valence-electron chi connectivity index (χ4n) is 2.65. The first-order valence-electron chi connectivity index (χ1n) is 7.73. The average molecular weight is 304 g/mol. The first-order chi connectivity index (χ1) is 10.5. The second-order valence-electron chi connectivity index (χ2n) is 6.03. The second-order valence-corrected chi connectivity index (χ2v) is 6.03. The van der Waals surface area contributed by atoms with E-state index in [9.17, 15) is 9.59 Å². The largest absolute Gasteiger partial charge is 0.383 e. The third-order valence-electron chi connectivity index (χ3n) is 3.68.